The van der Waals surface area contributed by atoms with Crippen LogP contribution in [0.15, 0.2) is 82.3 Å². The van der Waals surface area contributed by atoms with Gasteiger partial charge in [-0.1, -0.05) is 41.9 Å². The molecule has 0 fully saturated rings. The third kappa shape index (κ3) is 4.93. The minimum Gasteiger partial charge on any atom is -0.455 e. The third-order valence-electron chi connectivity index (χ3n) is 4.64. The van der Waals surface area contributed by atoms with Crippen LogP contribution < -0.4 is 10.7 Å². The van der Waals surface area contributed by atoms with Gasteiger partial charge in [0.25, 0.3) is 11.6 Å². The number of non-ortho nitro benzene ring substituents is 1. The van der Waals surface area contributed by atoms with E-state index in [0.717, 1.165) is 16.5 Å². The van der Waals surface area contributed by atoms with Crippen LogP contribution >= 0.6 is 11.6 Å². The number of hydrogen-bond acceptors (Lipinski definition) is 6. The van der Waals surface area contributed by atoms with Gasteiger partial charge in [0.15, 0.2) is 0 Å². The summed E-state index contributed by atoms with van der Waals surface area (Å²) in [6.45, 7) is 0.0440. The molecular formula is C23H17ClN4O4. The topological polar surface area (TPSA) is 110 Å². The highest BCUT2D eigenvalue weighted by Gasteiger charge is 2.14. The number of carbonyl (C=O) groups excluding carboxylic acids is 1. The van der Waals surface area contributed by atoms with Gasteiger partial charge in [-0.15, -0.1) is 0 Å². The number of rotatable bonds is 7. The standard InChI is InChI=1S/C23H17ClN4O4/c24-21-9-7-18(28(30)31)12-20(21)22-10-8-19(32-22)13-26-27-23(29)14-25-17-6-5-15-3-1-2-4-16(15)11-17/h1-13,25H,14H2,(H,27,29)/b26-13-. The lowest BCUT2D eigenvalue weighted by Crippen LogP contribution is -2.25. The molecule has 0 aliphatic heterocycles. The van der Waals surface area contributed by atoms with Gasteiger partial charge in [-0.2, -0.15) is 5.10 Å². The molecule has 0 spiro atoms. The molecule has 0 unspecified atom stereocenters. The number of nitrogens with one attached hydrogen (secondary N) is 2. The maximum absolute atomic E-state index is 12.0. The van der Waals surface area contributed by atoms with Gasteiger partial charge in [0.1, 0.15) is 11.5 Å². The number of hydrazone groups is 1. The Morgan fingerprint density at radius 3 is 2.69 bits per heavy atom. The normalized spacial score (nSPS) is 11.0. The van der Waals surface area contributed by atoms with Crippen molar-refractivity contribution in [2.45, 2.75) is 0 Å². The van der Waals surface area contributed by atoms with E-state index in [9.17, 15) is 14.9 Å². The van der Waals surface area contributed by atoms with Crippen molar-refractivity contribution in [1.82, 2.24) is 5.43 Å². The van der Waals surface area contributed by atoms with Crippen molar-refractivity contribution in [1.29, 1.82) is 0 Å². The predicted octanol–water partition coefficient (Wildman–Crippen LogP) is 5.22. The van der Waals surface area contributed by atoms with Crippen LogP contribution in [-0.4, -0.2) is 23.6 Å². The first-order valence-electron chi connectivity index (χ1n) is 9.58. The van der Waals surface area contributed by atoms with Gasteiger partial charge in [0.2, 0.25) is 0 Å². The molecule has 3 aromatic carbocycles. The van der Waals surface area contributed by atoms with Crippen molar-refractivity contribution in [3.63, 3.8) is 0 Å². The van der Waals surface area contributed by atoms with Crippen LogP contribution in [0.4, 0.5) is 11.4 Å². The van der Waals surface area contributed by atoms with E-state index < -0.39 is 4.92 Å². The molecule has 0 atom stereocenters. The van der Waals surface area contributed by atoms with Crippen LogP contribution in [0.25, 0.3) is 22.1 Å². The zero-order chi connectivity index (χ0) is 22.5. The van der Waals surface area contributed by atoms with E-state index in [4.69, 9.17) is 16.0 Å². The molecule has 4 aromatic rings. The minimum absolute atomic E-state index is 0.0440. The van der Waals surface area contributed by atoms with E-state index in [1.807, 2.05) is 42.5 Å². The van der Waals surface area contributed by atoms with E-state index in [-0.39, 0.29) is 18.1 Å². The maximum Gasteiger partial charge on any atom is 0.270 e. The fourth-order valence-corrected chi connectivity index (χ4v) is 3.28. The third-order valence-corrected chi connectivity index (χ3v) is 4.97. The second kappa shape index (κ2) is 9.32. The molecule has 1 aromatic heterocycles. The predicted molar refractivity (Wildman–Crippen MR) is 124 cm³/mol. The zero-order valence-corrected chi connectivity index (χ0v) is 17.4. The molecule has 1 amide bonds. The van der Waals surface area contributed by atoms with Crippen molar-refractivity contribution >= 4 is 45.9 Å². The Hall–Kier alpha value is -4.17. The Bertz CT molecular complexity index is 1330. The highest BCUT2D eigenvalue weighted by molar-refractivity contribution is 6.33. The Morgan fingerprint density at radius 2 is 1.88 bits per heavy atom. The van der Waals surface area contributed by atoms with Gasteiger partial charge in [-0.25, -0.2) is 5.43 Å². The fourth-order valence-electron chi connectivity index (χ4n) is 3.07. The molecule has 9 heteroatoms. The summed E-state index contributed by atoms with van der Waals surface area (Å²) in [5.74, 6) is 0.373. The summed E-state index contributed by atoms with van der Waals surface area (Å²) in [5, 5.41) is 20.4. The second-order valence-corrected chi connectivity index (χ2v) is 7.24. The summed E-state index contributed by atoms with van der Waals surface area (Å²) in [7, 11) is 0. The van der Waals surface area contributed by atoms with E-state index in [1.54, 1.807) is 12.1 Å². The molecule has 0 aliphatic rings. The van der Waals surface area contributed by atoms with Gasteiger partial charge < -0.3 is 9.73 Å². The quantitative estimate of drug-likeness (QED) is 0.229. The van der Waals surface area contributed by atoms with Crippen molar-refractivity contribution in [2.75, 3.05) is 11.9 Å². The Kier molecular flexibility index (Phi) is 6.14. The number of nitrogens with zero attached hydrogens (tertiary/aromatic N) is 2. The number of nitro groups is 1. The van der Waals surface area contributed by atoms with Crippen LogP contribution in [0.2, 0.25) is 5.02 Å². The molecule has 8 nitrogen and oxygen atoms in total. The average Bonchev–Trinajstić information content (AvgIpc) is 3.26. The number of carbonyl (C=O) groups is 1. The number of hydrogen-bond donors (Lipinski definition) is 2. The highest BCUT2D eigenvalue weighted by Crippen LogP contribution is 2.32. The summed E-state index contributed by atoms with van der Waals surface area (Å²) in [5.41, 5.74) is 3.54. The van der Waals surface area contributed by atoms with Gasteiger partial charge in [-0.3, -0.25) is 14.9 Å². The van der Waals surface area contributed by atoms with Gasteiger partial charge >= 0.3 is 0 Å². The Morgan fingerprint density at radius 1 is 1.06 bits per heavy atom. The van der Waals surface area contributed by atoms with E-state index >= 15 is 0 Å². The van der Waals surface area contributed by atoms with Crippen molar-refractivity contribution in [3.05, 3.63) is 93.7 Å². The first kappa shape index (κ1) is 21.1. The molecule has 0 aliphatic carbocycles. The molecule has 32 heavy (non-hydrogen) atoms. The van der Waals surface area contributed by atoms with E-state index in [0.29, 0.717) is 22.1 Å². The summed E-state index contributed by atoms with van der Waals surface area (Å²) >= 11 is 6.13. The van der Waals surface area contributed by atoms with Crippen LogP contribution in [0, 0.1) is 10.1 Å². The molecule has 4 rings (SSSR count). The number of benzene rings is 3. The maximum atomic E-state index is 12.0. The molecule has 0 saturated carbocycles. The summed E-state index contributed by atoms with van der Waals surface area (Å²) in [6, 6.07) is 21.1. The van der Waals surface area contributed by atoms with Gasteiger partial charge in [0.05, 0.1) is 22.7 Å². The molecule has 160 valence electrons. The molecular weight excluding hydrogens is 432 g/mol. The van der Waals surface area contributed by atoms with E-state index in [1.165, 1.54) is 24.4 Å². The fraction of sp³-hybridized carbons (Fsp3) is 0.0435. The number of amides is 1. The first-order valence-corrected chi connectivity index (χ1v) is 9.96. The molecule has 1 heterocycles. The number of halogens is 1. The van der Waals surface area contributed by atoms with Crippen molar-refractivity contribution < 1.29 is 14.1 Å². The van der Waals surface area contributed by atoms with E-state index in [2.05, 4.69) is 15.8 Å². The van der Waals surface area contributed by atoms with Crippen LogP contribution in [-0.2, 0) is 4.79 Å². The molecule has 2 N–H and O–H groups in total. The first-order chi connectivity index (χ1) is 15.5. The largest absolute Gasteiger partial charge is 0.455 e. The summed E-state index contributed by atoms with van der Waals surface area (Å²) < 4.78 is 5.61. The van der Waals surface area contributed by atoms with Crippen LogP contribution in [0.5, 0.6) is 0 Å². The number of anilines is 1. The number of furan rings is 1. The average molecular weight is 449 g/mol. The summed E-state index contributed by atoms with van der Waals surface area (Å²) in [6.07, 6.45) is 1.34. The van der Waals surface area contributed by atoms with Gasteiger partial charge in [0, 0.05) is 23.4 Å². The molecule has 0 bridgehead atoms. The highest BCUT2D eigenvalue weighted by atomic mass is 35.5. The molecule has 0 saturated heterocycles. The lowest BCUT2D eigenvalue weighted by molar-refractivity contribution is -0.384. The monoisotopic (exact) mass is 448 g/mol. The van der Waals surface area contributed by atoms with Crippen molar-refractivity contribution in [3.8, 4) is 11.3 Å². The smallest absolute Gasteiger partial charge is 0.270 e. The number of fused-ring (bicyclic) bond motifs is 1. The zero-order valence-electron chi connectivity index (χ0n) is 16.6. The second-order valence-electron chi connectivity index (χ2n) is 6.83. The van der Waals surface area contributed by atoms with Crippen LogP contribution in [0.3, 0.4) is 0 Å². The lowest BCUT2D eigenvalue weighted by atomic mass is 10.1. The lowest BCUT2D eigenvalue weighted by Gasteiger charge is -2.06. The molecule has 0 radical (unpaired) electrons. The van der Waals surface area contributed by atoms with Crippen LogP contribution in [0.1, 0.15) is 5.76 Å². The summed E-state index contributed by atoms with van der Waals surface area (Å²) in [4.78, 5) is 22.5. The van der Waals surface area contributed by atoms with Gasteiger partial charge in [-0.05, 0) is 41.1 Å². The van der Waals surface area contributed by atoms with Crippen molar-refractivity contribution in [2.24, 2.45) is 5.10 Å². The number of nitro benzene ring substituents is 1. The SMILES string of the molecule is O=C(CNc1ccc2ccccc2c1)N/N=C\c1ccc(-c2cc([N+](=O)[O-])ccc2Cl)o1. The Balaban J connectivity index is 1.34. The minimum atomic E-state index is -0.507. The Labute approximate surface area is 187 Å².